The molecule has 0 saturated heterocycles. The molecule has 0 bridgehead atoms. The van der Waals surface area contributed by atoms with E-state index in [9.17, 15) is 13.9 Å². The zero-order valence-corrected chi connectivity index (χ0v) is 11.7. The third kappa shape index (κ3) is 3.49. The van der Waals surface area contributed by atoms with Gasteiger partial charge in [-0.05, 0) is 47.8 Å². The van der Waals surface area contributed by atoms with Crippen LogP contribution in [0.1, 0.15) is 25.3 Å². The highest BCUT2D eigenvalue weighted by Gasteiger charge is 2.29. The van der Waals surface area contributed by atoms with E-state index < -0.39 is 17.2 Å². The van der Waals surface area contributed by atoms with Crippen molar-refractivity contribution < 1.29 is 13.9 Å². The smallest absolute Gasteiger partial charge is 0.143 e. The molecular weight excluding hydrogens is 304 g/mol. The Kier molecular flexibility index (Phi) is 4.04. The Labute approximate surface area is 114 Å². The Balaban J connectivity index is 2.09. The molecular formula is C13H16BrF2NO. The van der Waals surface area contributed by atoms with E-state index in [0.717, 1.165) is 12.8 Å². The lowest BCUT2D eigenvalue weighted by atomic mass is 9.95. The summed E-state index contributed by atoms with van der Waals surface area (Å²) in [6.07, 6.45) is 2.16. The molecule has 1 unspecified atom stereocenters. The van der Waals surface area contributed by atoms with Crippen LogP contribution in [0.4, 0.5) is 8.78 Å². The van der Waals surface area contributed by atoms with Crippen LogP contribution < -0.4 is 5.32 Å². The quantitative estimate of drug-likeness (QED) is 0.818. The van der Waals surface area contributed by atoms with E-state index in [-0.39, 0.29) is 16.5 Å². The predicted octanol–water partition coefficient (Wildman–Crippen LogP) is 2.77. The molecule has 0 spiro atoms. The average molecular weight is 320 g/mol. The topological polar surface area (TPSA) is 32.3 Å². The van der Waals surface area contributed by atoms with Gasteiger partial charge in [0.25, 0.3) is 0 Å². The van der Waals surface area contributed by atoms with Crippen molar-refractivity contribution >= 4 is 15.9 Å². The zero-order chi connectivity index (χ0) is 13.3. The molecule has 1 aromatic carbocycles. The monoisotopic (exact) mass is 319 g/mol. The lowest BCUT2D eigenvalue weighted by Gasteiger charge is -2.24. The van der Waals surface area contributed by atoms with E-state index in [4.69, 9.17) is 0 Å². The van der Waals surface area contributed by atoms with E-state index in [0.29, 0.717) is 12.6 Å². The Bertz CT molecular complexity index is 447. The number of rotatable bonds is 5. The molecule has 1 aromatic rings. The van der Waals surface area contributed by atoms with Gasteiger partial charge in [0.1, 0.15) is 11.6 Å². The first kappa shape index (κ1) is 13.9. The van der Waals surface area contributed by atoms with Crippen LogP contribution in [0.5, 0.6) is 0 Å². The van der Waals surface area contributed by atoms with Crippen molar-refractivity contribution in [3.8, 4) is 0 Å². The van der Waals surface area contributed by atoms with Crippen molar-refractivity contribution in [2.24, 2.45) is 0 Å². The minimum atomic E-state index is -1.16. The van der Waals surface area contributed by atoms with Crippen LogP contribution in [0, 0.1) is 11.6 Å². The molecule has 0 aromatic heterocycles. The lowest BCUT2D eigenvalue weighted by Crippen LogP contribution is -2.41. The van der Waals surface area contributed by atoms with Crippen molar-refractivity contribution in [2.75, 3.05) is 6.54 Å². The van der Waals surface area contributed by atoms with Gasteiger partial charge in [-0.1, -0.05) is 0 Å². The minimum absolute atomic E-state index is 0.0518. The fourth-order valence-corrected chi connectivity index (χ4v) is 2.20. The molecule has 1 aliphatic rings. The number of hydrogen-bond donors (Lipinski definition) is 2. The second-order valence-electron chi connectivity index (χ2n) is 5.15. The van der Waals surface area contributed by atoms with Crippen LogP contribution in [0.25, 0.3) is 0 Å². The molecule has 1 atom stereocenters. The van der Waals surface area contributed by atoms with Crippen LogP contribution in [-0.4, -0.2) is 23.3 Å². The molecule has 1 fully saturated rings. The van der Waals surface area contributed by atoms with Gasteiger partial charge in [-0.25, -0.2) is 8.78 Å². The first-order valence-electron chi connectivity index (χ1n) is 5.97. The summed E-state index contributed by atoms with van der Waals surface area (Å²) in [5.41, 5.74) is -1.24. The van der Waals surface area contributed by atoms with Crippen LogP contribution in [0.3, 0.4) is 0 Å². The standard InChI is InChI=1S/C13H16BrF2NO/c1-13(18,7-17-8-2-3-8)6-9-11(15)5-4-10(14)12(9)16/h4-5,8,17-18H,2-3,6-7H2,1H3. The van der Waals surface area contributed by atoms with E-state index in [1.165, 1.54) is 12.1 Å². The Morgan fingerprint density at radius 1 is 1.44 bits per heavy atom. The highest BCUT2D eigenvalue weighted by Crippen LogP contribution is 2.26. The summed E-state index contributed by atoms with van der Waals surface area (Å²) in [6, 6.07) is 2.98. The van der Waals surface area contributed by atoms with Crippen LogP contribution >= 0.6 is 15.9 Å². The number of aliphatic hydroxyl groups is 1. The Morgan fingerprint density at radius 3 is 2.72 bits per heavy atom. The summed E-state index contributed by atoms with van der Waals surface area (Å²) < 4.78 is 27.6. The van der Waals surface area contributed by atoms with Gasteiger partial charge in [0, 0.05) is 24.6 Å². The number of hydrogen-bond acceptors (Lipinski definition) is 2. The molecule has 2 rings (SSSR count). The summed E-state index contributed by atoms with van der Waals surface area (Å²) in [7, 11) is 0. The number of halogens is 3. The molecule has 1 aliphatic carbocycles. The summed E-state index contributed by atoms with van der Waals surface area (Å²) in [6.45, 7) is 1.92. The van der Waals surface area contributed by atoms with Gasteiger partial charge in [-0.2, -0.15) is 0 Å². The third-order valence-electron chi connectivity index (χ3n) is 3.05. The lowest BCUT2D eigenvalue weighted by molar-refractivity contribution is 0.0579. The normalized spacial score (nSPS) is 18.7. The Morgan fingerprint density at radius 2 is 2.11 bits per heavy atom. The molecule has 100 valence electrons. The maximum absolute atomic E-state index is 13.8. The molecule has 0 amide bonds. The van der Waals surface area contributed by atoms with Gasteiger partial charge in [0.2, 0.25) is 0 Å². The Hall–Kier alpha value is -0.520. The predicted molar refractivity (Wildman–Crippen MR) is 69.4 cm³/mol. The molecule has 2 N–H and O–H groups in total. The van der Waals surface area contributed by atoms with Gasteiger partial charge >= 0.3 is 0 Å². The second-order valence-corrected chi connectivity index (χ2v) is 6.00. The summed E-state index contributed by atoms with van der Waals surface area (Å²) >= 11 is 3.02. The van der Waals surface area contributed by atoms with Crippen molar-refractivity contribution in [3.05, 3.63) is 33.8 Å². The summed E-state index contributed by atoms with van der Waals surface area (Å²) in [5.74, 6) is -1.26. The van der Waals surface area contributed by atoms with Crippen LogP contribution in [-0.2, 0) is 6.42 Å². The molecule has 5 heteroatoms. The molecule has 1 saturated carbocycles. The summed E-state index contributed by atoms with van der Waals surface area (Å²) in [4.78, 5) is 0. The first-order valence-corrected chi connectivity index (χ1v) is 6.76. The number of benzene rings is 1. The fourth-order valence-electron chi connectivity index (χ4n) is 1.83. The van der Waals surface area contributed by atoms with E-state index in [2.05, 4.69) is 21.2 Å². The minimum Gasteiger partial charge on any atom is -0.389 e. The van der Waals surface area contributed by atoms with Crippen LogP contribution in [0.15, 0.2) is 16.6 Å². The van der Waals surface area contributed by atoms with Gasteiger partial charge in [-0.15, -0.1) is 0 Å². The SMILES string of the molecule is CC(O)(CNC1CC1)Cc1c(F)ccc(Br)c1F. The molecule has 0 radical (unpaired) electrons. The first-order chi connectivity index (χ1) is 8.39. The zero-order valence-electron chi connectivity index (χ0n) is 10.1. The van der Waals surface area contributed by atoms with Crippen molar-refractivity contribution in [2.45, 2.75) is 37.8 Å². The van der Waals surface area contributed by atoms with Gasteiger partial charge in [-0.3, -0.25) is 0 Å². The maximum atomic E-state index is 13.8. The van der Waals surface area contributed by atoms with Crippen molar-refractivity contribution in [3.63, 3.8) is 0 Å². The average Bonchev–Trinajstić information content (AvgIpc) is 3.11. The largest absolute Gasteiger partial charge is 0.389 e. The van der Waals surface area contributed by atoms with Gasteiger partial charge in [0.05, 0.1) is 10.1 Å². The molecule has 0 heterocycles. The highest BCUT2D eigenvalue weighted by atomic mass is 79.9. The van der Waals surface area contributed by atoms with Gasteiger partial charge < -0.3 is 10.4 Å². The number of nitrogens with one attached hydrogen (secondary N) is 1. The van der Waals surface area contributed by atoms with E-state index >= 15 is 0 Å². The summed E-state index contributed by atoms with van der Waals surface area (Å²) in [5, 5.41) is 13.3. The molecule has 2 nitrogen and oxygen atoms in total. The fraction of sp³-hybridized carbons (Fsp3) is 0.538. The van der Waals surface area contributed by atoms with Crippen LogP contribution in [0.2, 0.25) is 0 Å². The highest BCUT2D eigenvalue weighted by molar-refractivity contribution is 9.10. The molecule has 0 aliphatic heterocycles. The van der Waals surface area contributed by atoms with Crippen molar-refractivity contribution in [1.29, 1.82) is 0 Å². The third-order valence-corrected chi connectivity index (χ3v) is 3.66. The second kappa shape index (κ2) is 5.23. The maximum Gasteiger partial charge on any atom is 0.143 e. The van der Waals surface area contributed by atoms with E-state index in [1.54, 1.807) is 6.92 Å². The van der Waals surface area contributed by atoms with Crippen molar-refractivity contribution in [1.82, 2.24) is 5.32 Å². The van der Waals surface area contributed by atoms with Gasteiger partial charge in [0.15, 0.2) is 0 Å². The van der Waals surface area contributed by atoms with E-state index in [1.807, 2.05) is 0 Å². The molecule has 18 heavy (non-hydrogen) atoms.